The van der Waals surface area contributed by atoms with Gasteiger partial charge in [0.25, 0.3) is 0 Å². The van der Waals surface area contributed by atoms with E-state index < -0.39 is 0 Å². The van der Waals surface area contributed by atoms with E-state index in [4.69, 9.17) is 4.42 Å². The first kappa shape index (κ1) is 14.0. The summed E-state index contributed by atoms with van der Waals surface area (Å²) >= 11 is 0. The second kappa shape index (κ2) is 6.62. The minimum atomic E-state index is 0.492. The van der Waals surface area contributed by atoms with Crippen molar-refractivity contribution < 1.29 is 4.42 Å². The Labute approximate surface area is 104 Å². The van der Waals surface area contributed by atoms with E-state index in [1.54, 1.807) is 0 Å². The zero-order chi connectivity index (χ0) is 12.8. The molecule has 0 aliphatic rings. The van der Waals surface area contributed by atoms with Gasteiger partial charge in [-0.3, -0.25) is 4.90 Å². The van der Waals surface area contributed by atoms with Gasteiger partial charge >= 0.3 is 0 Å². The molecular formula is C14H24N2O. The van der Waals surface area contributed by atoms with Crippen LogP contribution in [0, 0.1) is 6.92 Å². The van der Waals surface area contributed by atoms with Gasteiger partial charge in [-0.1, -0.05) is 6.08 Å². The van der Waals surface area contributed by atoms with Gasteiger partial charge in [0, 0.05) is 12.6 Å². The number of nitrogens with one attached hydrogen (secondary N) is 1. The molecule has 0 saturated heterocycles. The fraction of sp³-hybridized carbons (Fsp3) is 0.571. The minimum Gasteiger partial charge on any atom is -0.463 e. The molecule has 0 amide bonds. The molecule has 0 saturated carbocycles. The maximum atomic E-state index is 5.84. The molecule has 0 radical (unpaired) electrons. The van der Waals surface area contributed by atoms with Gasteiger partial charge in [0.1, 0.15) is 11.5 Å². The quantitative estimate of drug-likeness (QED) is 0.738. The predicted octanol–water partition coefficient (Wildman–Crippen LogP) is 2.70. The van der Waals surface area contributed by atoms with Crippen molar-refractivity contribution in [2.75, 3.05) is 13.6 Å². The lowest BCUT2D eigenvalue weighted by Gasteiger charge is -2.23. The van der Waals surface area contributed by atoms with Crippen LogP contribution in [0.5, 0.6) is 0 Å². The van der Waals surface area contributed by atoms with Crippen LogP contribution in [0.1, 0.15) is 30.9 Å². The molecular weight excluding hydrogens is 212 g/mol. The lowest BCUT2D eigenvalue weighted by atomic mass is 10.2. The standard InChI is InChI=1S/C14H24N2O/c1-6-7-16(11(2)3)10-13-8-12(4)14(17-13)9-15-5/h6,8,11,15H,1,7,9-10H2,2-5H3. The maximum Gasteiger partial charge on any atom is 0.120 e. The molecule has 1 rings (SSSR count). The number of nitrogens with zero attached hydrogens (tertiary/aromatic N) is 1. The van der Waals surface area contributed by atoms with Crippen LogP contribution in [-0.4, -0.2) is 24.5 Å². The summed E-state index contributed by atoms with van der Waals surface area (Å²) in [4.78, 5) is 2.33. The van der Waals surface area contributed by atoms with E-state index in [2.05, 4.69) is 43.6 Å². The van der Waals surface area contributed by atoms with Gasteiger partial charge in [-0.15, -0.1) is 6.58 Å². The van der Waals surface area contributed by atoms with E-state index in [1.165, 1.54) is 5.56 Å². The molecule has 17 heavy (non-hydrogen) atoms. The molecule has 0 fully saturated rings. The smallest absolute Gasteiger partial charge is 0.120 e. The Bertz CT molecular complexity index is 355. The van der Waals surface area contributed by atoms with E-state index in [-0.39, 0.29) is 0 Å². The molecule has 3 nitrogen and oxygen atoms in total. The molecule has 96 valence electrons. The highest BCUT2D eigenvalue weighted by atomic mass is 16.3. The molecule has 0 spiro atoms. The summed E-state index contributed by atoms with van der Waals surface area (Å²) in [5.41, 5.74) is 1.22. The molecule has 0 aliphatic carbocycles. The van der Waals surface area contributed by atoms with E-state index in [9.17, 15) is 0 Å². The highest BCUT2D eigenvalue weighted by Crippen LogP contribution is 2.17. The van der Waals surface area contributed by atoms with Gasteiger partial charge in [0.05, 0.1) is 13.1 Å². The van der Waals surface area contributed by atoms with Crippen molar-refractivity contribution in [3.05, 3.63) is 35.8 Å². The summed E-state index contributed by atoms with van der Waals surface area (Å²) in [7, 11) is 1.93. The van der Waals surface area contributed by atoms with Crippen molar-refractivity contribution in [2.24, 2.45) is 0 Å². The number of aryl methyl sites for hydroxylation is 1. The lowest BCUT2D eigenvalue weighted by Crippen LogP contribution is -2.30. The molecule has 0 aliphatic heterocycles. The Hall–Kier alpha value is -1.06. The van der Waals surface area contributed by atoms with Gasteiger partial charge in [0.2, 0.25) is 0 Å². The summed E-state index contributed by atoms with van der Waals surface area (Å²) < 4.78 is 5.84. The average molecular weight is 236 g/mol. The van der Waals surface area contributed by atoms with E-state index in [1.807, 2.05) is 13.1 Å². The number of furan rings is 1. The summed E-state index contributed by atoms with van der Waals surface area (Å²) in [5.74, 6) is 2.06. The van der Waals surface area contributed by atoms with Crippen molar-refractivity contribution in [3.63, 3.8) is 0 Å². The van der Waals surface area contributed by atoms with Gasteiger partial charge in [-0.05, 0) is 39.4 Å². The predicted molar refractivity (Wildman–Crippen MR) is 72.0 cm³/mol. The largest absolute Gasteiger partial charge is 0.463 e. The molecule has 1 aromatic rings. The summed E-state index contributed by atoms with van der Waals surface area (Å²) in [6.45, 7) is 12.8. The first-order valence-corrected chi connectivity index (χ1v) is 6.16. The molecule has 0 atom stereocenters. The van der Waals surface area contributed by atoms with E-state index in [0.29, 0.717) is 6.04 Å². The molecule has 1 aromatic heterocycles. The molecule has 1 heterocycles. The third-order valence-corrected chi connectivity index (χ3v) is 2.86. The summed E-state index contributed by atoms with van der Waals surface area (Å²) in [6.07, 6.45) is 1.93. The van der Waals surface area contributed by atoms with Crippen LogP contribution < -0.4 is 5.32 Å². The summed E-state index contributed by atoms with van der Waals surface area (Å²) in [5, 5.41) is 3.12. The van der Waals surface area contributed by atoms with Crippen LogP contribution in [0.25, 0.3) is 0 Å². The topological polar surface area (TPSA) is 28.4 Å². The van der Waals surface area contributed by atoms with Gasteiger partial charge in [-0.2, -0.15) is 0 Å². The van der Waals surface area contributed by atoms with Crippen LogP contribution in [0.2, 0.25) is 0 Å². The molecule has 0 aromatic carbocycles. The third-order valence-electron chi connectivity index (χ3n) is 2.86. The fourth-order valence-corrected chi connectivity index (χ4v) is 1.83. The average Bonchev–Trinajstić information content (AvgIpc) is 2.59. The molecule has 3 heteroatoms. The van der Waals surface area contributed by atoms with Crippen LogP contribution in [-0.2, 0) is 13.1 Å². The number of hydrogen-bond acceptors (Lipinski definition) is 3. The first-order chi connectivity index (χ1) is 8.08. The van der Waals surface area contributed by atoms with Crippen molar-refractivity contribution >= 4 is 0 Å². The molecule has 0 bridgehead atoms. The Morgan fingerprint density at radius 2 is 2.24 bits per heavy atom. The minimum absolute atomic E-state index is 0.492. The van der Waals surface area contributed by atoms with Crippen molar-refractivity contribution in [1.82, 2.24) is 10.2 Å². The number of hydrogen-bond donors (Lipinski definition) is 1. The summed E-state index contributed by atoms with van der Waals surface area (Å²) in [6, 6.07) is 2.62. The highest BCUT2D eigenvalue weighted by Gasteiger charge is 2.13. The first-order valence-electron chi connectivity index (χ1n) is 6.16. The van der Waals surface area contributed by atoms with Gasteiger partial charge in [-0.25, -0.2) is 0 Å². The van der Waals surface area contributed by atoms with Crippen LogP contribution in [0.15, 0.2) is 23.1 Å². The fourth-order valence-electron chi connectivity index (χ4n) is 1.83. The monoisotopic (exact) mass is 236 g/mol. The Kier molecular flexibility index (Phi) is 5.45. The highest BCUT2D eigenvalue weighted by molar-refractivity contribution is 5.20. The zero-order valence-electron chi connectivity index (χ0n) is 11.4. The maximum absolute atomic E-state index is 5.84. The van der Waals surface area contributed by atoms with Gasteiger partial charge < -0.3 is 9.73 Å². The second-order valence-electron chi connectivity index (χ2n) is 4.66. The second-order valence-corrected chi connectivity index (χ2v) is 4.66. The van der Waals surface area contributed by atoms with Crippen LogP contribution in [0.4, 0.5) is 0 Å². The lowest BCUT2D eigenvalue weighted by molar-refractivity contribution is 0.216. The molecule has 0 unspecified atom stereocenters. The van der Waals surface area contributed by atoms with Gasteiger partial charge in [0.15, 0.2) is 0 Å². The van der Waals surface area contributed by atoms with Crippen LogP contribution >= 0.6 is 0 Å². The van der Waals surface area contributed by atoms with Crippen LogP contribution in [0.3, 0.4) is 0 Å². The zero-order valence-corrected chi connectivity index (χ0v) is 11.4. The third kappa shape index (κ3) is 4.02. The number of rotatable bonds is 7. The molecule has 1 N–H and O–H groups in total. The SMILES string of the molecule is C=CCN(Cc1cc(C)c(CNC)o1)C(C)C. The van der Waals surface area contributed by atoms with E-state index >= 15 is 0 Å². The van der Waals surface area contributed by atoms with Crippen molar-refractivity contribution in [2.45, 2.75) is 39.9 Å². The normalized spacial score (nSPS) is 11.4. The Balaban J connectivity index is 2.72. The Morgan fingerprint density at radius 3 is 2.76 bits per heavy atom. The van der Waals surface area contributed by atoms with Crippen molar-refractivity contribution in [3.8, 4) is 0 Å². The Morgan fingerprint density at radius 1 is 1.53 bits per heavy atom. The van der Waals surface area contributed by atoms with Crippen molar-refractivity contribution in [1.29, 1.82) is 0 Å². The van der Waals surface area contributed by atoms with E-state index in [0.717, 1.165) is 31.2 Å².